The highest BCUT2D eigenvalue weighted by Gasteiger charge is 2.22. The molecule has 30 heavy (non-hydrogen) atoms. The summed E-state index contributed by atoms with van der Waals surface area (Å²) in [5.74, 6) is 1.35. The van der Waals surface area contributed by atoms with Crippen LogP contribution >= 0.6 is 0 Å². The van der Waals surface area contributed by atoms with Crippen molar-refractivity contribution < 1.29 is 19.0 Å². The average Bonchev–Trinajstić information content (AvgIpc) is 2.76. The Hall–Kier alpha value is -2.99. The summed E-state index contributed by atoms with van der Waals surface area (Å²) in [5, 5.41) is 11.3. The second-order valence-corrected chi connectivity index (χ2v) is 7.73. The van der Waals surface area contributed by atoms with Crippen LogP contribution in [0.1, 0.15) is 30.4 Å². The fraction of sp³-hybridized carbons (Fsp3) is 0.375. The number of hydrogen-bond donors (Lipinski definition) is 1. The van der Waals surface area contributed by atoms with E-state index in [1.807, 2.05) is 6.92 Å². The SMILES string of the molecule is COc1ccc(OC)c(-c2c(C)c3ccc(O)c(CN4CCCCC4)c3oc2=O)c1. The molecule has 6 heteroatoms. The highest BCUT2D eigenvalue weighted by atomic mass is 16.5. The molecule has 0 aliphatic carbocycles. The Morgan fingerprint density at radius 1 is 1.07 bits per heavy atom. The Labute approximate surface area is 175 Å². The molecule has 3 aromatic rings. The number of nitrogens with zero attached hydrogens (tertiary/aromatic N) is 1. The number of methoxy groups -OCH3 is 2. The van der Waals surface area contributed by atoms with Crippen LogP contribution in [0.15, 0.2) is 39.5 Å². The predicted octanol–water partition coefficient (Wildman–Crippen LogP) is 4.48. The largest absolute Gasteiger partial charge is 0.507 e. The van der Waals surface area contributed by atoms with Gasteiger partial charge in [0.05, 0.1) is 25.3 Å². The number of hydrogen-bond acceptors (Lipinski definition) is 6. The maximum Gasteiger partial charge on any atom is 0.344 e. The summed E-state index contributed by atoms with van der Waals surface area (Å²) in [5.41, 5.74) is 2.50. The van der Waals surface area contributed by atoms with Gasteiger partial charge in [-0.25, -0.2) is 4.79 Å². The summed E-state index contributed by atoms with van der Waals surface area (Å²) in [6, 6.07) is 8.82. The Kier molecular flexibility index (Phi) is 5.68. The van der Waals surface area contributed by atoms with E-state index < -0.39 is 5.63 Å². The smallest absolute Gasteiger partial charge is 0.344 e. The van der Waals surface area contributed by atoms with Gasteiger partial charge in [0.1, 0.15) is 22.8 Å². The van der Waals surface area contributed by atoms with Gasteiger partial charge < -0.3 is 19.0 Å². The van der Waals surface area contributed by atoms with Gasteiger partial charge in [0.25, 0.3) is 0 Å². The normalized spacial score (nSPS) is 14.8. The first-order valence-corrected chi connectivity index (χ1v) is 10.3. The van der Waals surface area contributed by atoms with Gasteiger partial charge in [-0.15, -0.1) is 0 Å². The second kappa shape index (κ2) is 8.40. The number of benzene rings is 2. The van der Waals surface area contributed by atoms with Crippen LogP contribution in [0, 0.1) is 6.92 Å². The number of phenolic OH excluding ortho intramolecular Hbond substituents is 1. The molecule has 2 aromatic carbocycles. The molecule has 1 aromatic heterocycles. The highest BCUT2D eigenvalue weighted by molar-refractivity contribution is 5.91. The monoisotopic (exact) mass is 409 g/mol. The van der Waals surface area contributed by atoms with E-state index >= 15 is 0 Å². The van der Waals surface area contributed by atoms with Gasteiger partial charge in [0, 0.05) is 17.5 Å². The van der Waals surface area contributed by atoms with E-state index in [1.165, 1.54) is 6.42 Å². The van der Waals surface area contributed by atoms with Crippen LogP contribution in [-0.4, -0.2) is 37.3 Å². The molecule has 0 radical (unpaired) electrons. The predicted molar refractivity (Wildman–Crippen MR) is 117 cm³/mol. The lowest BCUT2D eigenvalue weighted by atomic mass is 9.96. The number of aryl methyl sites for hydroxylation is 1. The van der Waals surface area contributed by atoms with Gasteiger partial charge in [-0.05, 0) is 68.8 Å². The summed E-state index contributed by atoms with van der Waals surface area (Å²) >= 11 is 0. The summed E-state index contributed by atoms with van der Waals surface area (Å²) in [6.07, 6.45) is 3.53. The first-order chi connectivity index (χ1) is 14.5. The first-order valence-electron chi connectivity index (χ1n) is 10.3. The molecule has 0 saturated carbocycles. The summed E-state index contributed by atoms with van der Waals surface area (Å²) in [4.78, 5) is 15.4. The Morgan fingerprint density at radius 2 is 1.83 bits per heavy atom. The van der Waals surface area contributed by atoms with Crippen molar-refractivity contribution in [3.8, 4) is 28.4 Å². The van der Waals surface area contributed by atoms with Crippen LogP contribution < -0.4 is 15.1 Å². The van der Waals surface area contributed by atoms with Gasteiger partial charge in [-0.1, -0.05) is 6.42 Å². The Morgan fingerprint density at radius 3 is 2.53 bits per heavy atom. The maximum absolute atomic E-state index is 13.1. The minimum atomic E-state index is -0.461. The van der Waals surface area contributed by atoms with Crippen molar-refractivity contribution in [3.05, 3.63) is 51.9 Å². The number of ether oxygens (including phenoxy) is 2. The molecule has 0 amide bonds. The molecule has 0 spiro atoms. The highest BCUT2D eigenvalue weighted by Crippen LogP contribution is 2.37. The molecule has 1 aliphatic rings. The van der Waals surface area contributed by atoms with Crippen LogP contribution in [0.25, 0.3) is 22.1 Å². The maximum atomic E-state index is 13.1. The molecule has 1 fully saturated rings. The molecular formula is C24H27NO5. The quantitative estimate of drug-likeness (QED) is 0.627. The molecule has 0 bridgehead atoms. The Bertz CT molecular complexity index is 1130. The zero-order valence-electron chi connectivity index (χ0n) is 17.7. The summed E-state index contributed by atoms with van der Waals surface area (Å²) < 4.78 is 16.6. The van der Waals surface area contributed by atoms with Crippen LogP contribution in [0.4, 0.5) is 0 Å². The van der Waals surface area contributed by atoms with Crippen molar-refractivity contribution in [1.82, 2.24) is 4.90 Å². The van der Waals surface area contributed by atoms with E-state index in [1.54, 1.807) is 44.6 Å². The van der Waals surface area contributed by atoms with E-state index in [2.05, 4.69) is 4.90 Å². The third-order valence-corrected chi connectivity index (χ3v) is 5.92. The summed E-state index contributed by atoms with van der Waals surface area (Å²) in [7, 11) is 3.15. The topological polar surface area (TPSA) is 72.1 Å². The molecule has 1 N–H and O–H groups in total. The number of rotatable bonds is 5. The van der Waals surface area contributed by atoms with E-state index in [4.69, 9.17) is 13.9 Å². The van der Waals surface area contributed by atoms with Crippen molar-refractivity contribution in [3.63, 3.8) is 0 Å². The molecule has 158 valence electrons. The molecule has 1 aliphatic heterocycles. The minimum Gasteiger partial charge on any atom is -0.507 e. The third kappa shape index (κ3) is 3.63. The van der Waals surface area contributed by atoms with Crippen molar-refractivity contribution in [2.45, 2.75) is 32.7 Å². The van der Waals surface area contributed by atoms with Crippen molar-refractivity contribution in [1.29, 1.82) is 0 Å². The third-order valence-electron chi connectivity index (χ3n) is 5.92. The number of fused-ring (bicyclic) bond motifs is 1. The van der Waals surface area contributed by atoms with Crippen molar-refractivity contribution in [2.75, 3.05) is 27.3 Å². The van der Waals surface area contributed by atoms with E-state index in [-0.39, 0.29) is 5.75 Å². The fourth-order valence-electron chi connectivity index (χ4n) is 4.28. The van der Waals surface area contributed by atoms with Crippen LogP contribution in [-0.2, 0) is 6.54 Å². The van der Waals surface area contributed by atoms with Gasteiger partial charge in [-0.3, -0.25) is 4.90 Å². The van der Waals surface area contributed by atoms with Gasteiger partial charge >= 0.3 is 5.63 Å². The number of phenols is 1. The second-order valence-electron chi connectivity index (χ2n) is 7.73. The first kappa shape index (κ1) is 20.3. The molecule has 0 unspecified atom stereocenters. The lowest BCUT2D eigenvalue weighted by molar-refractivity contribution is 0.218. The lowest BCUT2D eigenvalue weighted by Crippen LogP contribution is -2.29. The van der Waals surface area contributed by atoms with Gasteiger partial charge in [-0.2, -0.15) is 0 Å². The lowest BCUT2D eigenvalue weighted by Gasteiger charge is -2.27. The summed E-state index contributed by atoms with van der Waals surface area (Å²) in [6.45, 7) is 4.43. The standard InChI is InChI=1S/C24H27NO5/c1-15-17-8-9-20(26)19(14-25-11-5-4-6-12-25)23(17)30-24(27)22(15)18-13-16(28-2)7-10-21(18)29-3/h7-10,13,26H,4-6,11-12,14H2,1-3H3. The van der Waals surface area contributed by atoms with Crippen LogP contribution in [0.3, 0.4) is 0 Å². The zero-order chi connectivity index (χ0) is 21.3. The number of aromatic hydroxyl groups is 1. The minimum absolute atomic E-state index is 0.155. The van der Waals surface area contributed by atoms with E-state index in [0.717, 1.165) is 36.9 Å². The van der Waals surface area contributed by atoms with Crippen molar-refractivity contribution >= 4 is 11.0 Å². The zero-order valence-corrected chi connectivity index (χ0v) is 17.7. The molecule has 6 nitrogen and oxygen atoms in total. The van der Waals surface area contributed by atoms with Crippen LogP contribution in [0.2, 0.25) is 0 Å². The van der Waals surface area contributed by atoms with Gasteiger partial charge in [0.2, 0.25) is 0 Å². The molecule has 4 rings (SSSR count). The van der Waals surface area contributed by atoms with Crippen LogP contribution in [0.5, 0.6) is 17.2 Å². The van der Waals surface area contributed by atoms with Crippen molar-refractivity contribution in [2.24, 2.45) is 0 Å². The molecule has 0 atom stereocenters. The van der Waals surface area contributed by atoms with E-state index in [9.17, 15) is 9.90 Å². The van der Waals surface area contributed by atoms with E-state index in [0.29, 0.717) is 40.3 Å². The molecule has 1 saturated heterocycles. The number of likely N-dealkylation sites (tertiary alicyclic amines) is 1. The number of piperidine rings is 1. The molecule has 2 heterocycles. The fourth-order valence-corrected chi connectivity index (χ4v) is 4.28. The molecular weight excluding hydrogens is 382 g/mol. The Balaban J connectivity index is 1.89. The average molecular weight is 409 g/mol. The van der Waals surface area contributed by atoms with Gasteiger partial charge in [0.15, 0.2) is 0 Å².